The lowest BCUT2D eigenvalue weighted by Gasteiger charge is -2.21. The van der Waals surface area contributed by atoms with Gasteiger partial charge < -0.3 is 5.32 Å². The number of fused-ring (bicyclic) bond motifs is 1. The van der Waals surface area contributed by atoms with Gasteiger partial charge in [-0.3, -0.25) is 0 Å². The van der Waals surface area contributed by atoms with E-state index in [2.05, 4.69) is 43.4 Å². The first-order valence-corrected chi connectivity index (χ1v) is 8.82. The molecule has 1 atom stereocenters. The van der Waals surface area contributed by atoms with Gasteiger partial charge in [-0.2, -0.15) is 0 Å². The zero-order valence-electron chi connectivity index (χ0n) is 13.0. The number of nitrogens with one attached hydrogen (secondary N) is 1. The molecule has 1 aliphatic carbocycles. The third-order valence-corrected chi connectivity index (χ3v) is 5.32. The number of aryl methyl sites for hydroxylation is 2. The minimum atomic E-state index is 0.621. The Labute approximate surface area is 131 Å². The molecule has 0 saturated carbocycles. The van der Waals surface area contributed by atoms with Gasteiger partial charge in [0.05, 0.1) is 10.7 Å². The van der Waals surface area contributed by atoms with Crippen LogP contribution >= 0.6 is 11.3 Å². The van der Waals surface area contributed by atoms with Crippen LogP contribution in [0, 0.1) is 6.92 Å². The van der Waals surface area contributed by atoms with Gasteiger partial charge in [0, 0.05) is 23.8 Å². The van der Waals surface area contributed by atoms with Crippen molar-refractivity contribution in [2.45, 2.75) is 45.4 Å². The van der Waals surface area contributed by atoms with E-state index in [0.29, 0.717) is 5.92 Å². The van der Waals surface area contributed by atoms with Gasteiger partial charge in [0.2, 0.25) is 0 Å². The van der Waals surface area contributed by atoms with Crippen LogP contribution in [0.5, 0.6) is 0 Å². The van der Waals surface area contributed by atoms with Crippen LogP contribution < -0.4 is 5.32 Å². The van der Waals surface area contributed by atoms with Gasteiger partial charge in [0.25, 0.3) is 0 Å². The molecule has 0 radical (unpaired) electrons. The molecule has 3 rings (SSSR count). The van der Waals surface area contributed by atoms with Gasteiger partial charge in [0.15, 0.2) is 0 Å². The Morgan fingerprint density at radius 3 is 3.10 bits per heavy atom. The van der Waals surface area contributed by atoms with E-state index in [1.165, 1.54) is 46.0 Å². The van der Waals surface area contributed by atoms with Crippen LogP contribution in [0.15, 0.2) is 24.3 Å². The van der Waals surface area contributed by atoms with Crippen molar-refractivity contribution in [2.24, 2.45) is 0 Å². The molecule has 2 nitrogen and oxygen atoms in total. The molecule has 112 valence electrons. The average molecular weight is 300 g/mol. The van der Waals surface area contributed by atoms with Gasteiger partial charge in [-0.1, -0.05) is 36.8 Å². The maximum Gasteiger partial charge on any atom is 0.0975 e. The molecule has 1 aromatic carbocycles. The Bertz CT molecular complexity index is 603. The number of thiazole rings is 1. The van der Waals surface area contributed by atoms with Crippen LogP contribution in [0.1, 0.15) is 52.4 Å². The molecule has 1 aromatic heterocycles. The van der Waals surface area contributed by atoms with E-state index < -0.39 is 0 Å². The number of likely N-dealkylation sites (N-methyl/N-ethyl adjacent to an activating group) is 1. The van der Waals surface area contributed by atoms with Crippen molar-refractivity contribution in [2.75, 3.05) is 13.1 Å². The largest absolute Gasteiger partial charge is 0.316 e. The van der Waals surface area contributed by atoms with Crippen molar-refractivity contribution in [3.8, 4) is 0 Å². The molecule has 1 heterocycles. The first-order chi connectivity index (χ1) is 10.3. The maximum absolute atomic E-state index is 4.99. The number of benzene rings is 1. The van der Waals surface area contributed by atoms with E-state index in [1.807, 2.05) is 11.3 Å². The summed E-state index contributed by atoms with van der Waals surface area (Å²) in [5, 5.41) is 4.78. The number of hydrogen-bond acceptors (Lipinski definition) is 3. The Kier molecular flexibility index (Phi) is 4.71. The second kappa shape index (κ2) is 6.71. The Morgan fingerprint density at radius 2 is 2.29 bits per heavy atom. The van der Waals surface area contributed by atoms with E-state index in [0.717, 1.165) is 19.5 Å². The molecule has 1 N–H and O–H groups in total. The Balaban J connectivity index is 1.78. The molecule has 0 aliphatic heterocycles. The van der Waals surface area contributed by atoms with Gasteiger partial charge in [-0.25, -0.2) is 4.98 Å². The van der Waals surface area contributed by atoms with Crippen molar-refractivity contribution < 1.29 is 0 Å². The second-order valence-electron chi connectivity index (χ2n) is 5.98. The molecule has 1 unspecified atom stereocenters. The molecule has 0 saturated heterocycles. The standard InChI is InChI=1S/C18H24N2S/c1-3-19-12-15-8-5-9-16-18(15)20-17(21-16)11-14-7-4-6-13(2)10-14/h4,6-7,10,15,19H,3,5,8-9,11-12H2,1-2H3. The number of rotatable bonds is 5. The predicted octanol–water partition coefficient (Wildman–Crippen LogP) is 4.07. The summed E-state index contributed by atoms with van der Waals surface area (Å²) in [4.78, 5) is 6.52. The summed E-state index contributed by atoms with van der Waals surface area (Å²) in [7, 11) is 0. The summed E-state index contributed by atoms with van der Waals surface area (Å²) < 4.78 is 0. The van der Waals surface area contributed by atoms with Crippen LogP contribution in [0.25, 0.3) is 0 Å². The fourth-order valence-corrected chi connectivity index (χ4v) is 4.38. The monoisotopic (exact) mass is 300 g/mol. The number of hydrogen-bond donors (Lipinski definition) is 1. The lowest BCUT2D eigenvalue weighted by atomic mass is 9.91. The highest BCUT2D eigenvalue weighted by Crippen LogP contribution is 2.35. The zero-order valence-corrected chi connectivity index (χ0v) is 13.8. The Morgan fingerprint density at radius 1 is 1.38 bits per heavy atom. The molecule has 0 spiro atoms. The lowest BCUT2D eigenvalue weighted by molar-refractivity contribution is 0.508. The van der Waals surface area contributed by atoms with Gasteiger partial charge in [-0.05, 0) is 38.3 Å². The second-order valence-corrected chi connectivity index (χ2v) is 7.15. The van der Waals surface area contributed by atoms with Crippen LogP contribution in [0.3, 0.4) is 0 Å². The van der Waals surface area contributed by atoms with E-state index >= 15 is 0 Å². The van der Waals surface area contributed by atoms with Crippen LogP contribution in [0.4, 0.5) is 0 Å². The third-order valence-electron chi connectivity index (χ3n) is 4.19. The van der Waals surface area contributed by atoms with Crippen molar-refractivity contribution in [1.29, 1.82) is 0 Å². The van der Waals surface area contributed by atoms with Crippen LogP contribution in [0.2, 0.25) is 0 Å². The van der Waals surface area contributed by atoms with E-state index in [9.17, 15) is 0 Å². The topological polar surface area (TPSA) is 24.9 Å². The highest BCUT2D eigenvalue weighted by atomic mass is 32.1. The molecule has 2 aromatic rings. The molecule has 21 heavy (non-hydrogen) atoms. The van der Waals surface area contributed by atoms with Crippen molar-refractivity contribution in [1.82, 2.24) is 10.3 Å². The summed E-state index contributed by atoms with van der Waals surface area (Å²) in [5.41, 5.74) is 4.10. The zero-order chi connectivity index (χ0) is 14.7. The lowest BCUT2D eigenvalue weighted by Crippen LogP contribution is -2.24. The third kappa shape index (κ3) is 3.53. The average Bonchev–Trinajstić information content (AvgIpc) is 2.88. The van der Waals surface area contributed by atoms with E-state index in [-0.39, 0.29) is 0 Å². The molecular formula is C18H24N2S. The van der Waals surface area contributed by atoms with E-state index in [4.69, 9.17) is 4.98 Å². The van der Waals surface area contributed by atoms with Gasteiger partial charge in [0.1, 0.15) is 0 Å². The summed E-state index contributed by atoms with van der Waals surface area (Å²) in [6.45, 7) is 6.46. The maximum atomic E-state index is 4.99. The summed E-state index contributed by atoms with van der Waals surface area (Å²) in [6, 6.07) is 8.79. The first-order valence-electron chi connectivity index (χ1n) is 8.01. The minimum absolute atomic E-state index is 0.621. The molecular weight excluding hydrogens is 276 g/mol. The molecule has 3 heteroatoms. The normalized spacial score (nSPS) is 17.7. The predicted molar refractivity (Wildman–Crippen MR) is 90.3 cm³/mol. The van der Waals surface area contributed by atoms with E-state index in [1.54, 1.807) is 0 Å². The van der Waals surface area contributed by atoms with Crippen LogP contribution in [-0.4, -0.2) is 18.1 Å². The molecule has 0 amide bonds. The smallest absolute Gasteiger partial charge is 0.0975 e. The summed E-state index contributed by atoms with van der Waals surface area (Å²) >= 11 is 1.93. The first kappa shape index (κ1) is 14.7. The fourth-order valence-electron chi connectivity index (χ4n) is 3.15. The SMILES string of the molecule is CCNCC1CCCc2sc(Cc3cccc(C)c3)nc21. The molecule has 1 aliphatic rings. The number of aromatic nitrogens is 1. The molecule has 0 fully saturated rings. The summed E-state index contributed by atoms with van der Waals surface area (Å²) in [6.07, 6.45) is 4.81. The quantitative estimate of drug-likeness (QED) is 0.900. The van der Waals surface area contributed by atoms with Crippen LogP contribution in [-0.2, 0) is 12.8 Å². The van der Waals surface area contributed by atoms with Gasteiger partial charge >= 0.3 is 0 Å². The van der Waals surface area contributed by atoms with Crippen molar-refractivity contribution in [3.05, 3.63) is 51.0 Å². The van der Waals surface area contributed by atoms with Crippen molar-refractivity contribution in [3.63, 3.8) is 0 Å². The van der Waals surface area contributed by atoms with Gasteiger partial charge in [-0.15, -0.1) is 11.3 Å². The number of nitrogens with zero attached hydrogens (tertiary/aromatic N) is 1. The fraction of sp³-hybridized carbons (Fsp3) is 0.500. The Hall–Kier alpha value is -1.19. The molecule has 0 bridgehead atoms. The highest BCUT2D eigenvalue weighted by molar-refractivity contribution is 7.11. The highest BCUT2D eigenvalue weighted by Gasteiger charge is 2.24. The summed E-state index contributed by atoms with van der Waals surface area (Å²) in [5.74, 6) is 0.621. The van der Waals surface area contributed by atoms with Crippen molar-refractivity contribution >= 4 is 11.3 Å². The minimum Gasteiger partial charge on any atom is -0.316 e.